The average molecular weight is 227 g/mol. The second kappa shape index (κ2) is 3.91. The van der Waals surface area contributed by atoms with Crippen molar-refractivity contribution >= 4 is 22.3 Å². The van der Waals surface area contributed by atoms with Gasteiger partial charge in [-0.25, -0.2) is 0 Å². The van der Waals surface area contributed by atoms with Crippen LogP contribution >= 0.6 is 0 Å². The van der Waals surface area contributed by atoms with E-state index in [9.17, 15) is 0 Å². The van der Waals surface area contributed by atoms with Gasteiger partial charge in [0.05, 0.1) is 5.52 Å². The highest BCUT2D eigenvalue weighted by atomic mass is 14.7. The molecule has 3 nitrogen and oxygen atoms in total. The largest absolute Gasteiger partial charge is 0.399 e. The van der Waals surface area contributed by atoms with E-state index in [1.165, 1.54) is 25.7 Å². The minimum absolute atomic E-state index is 0.597. The number of nitrogen functional groups attached to an aromatic ring is 2. The molecule has 0 atom stereocenters. The molecule has 0 unspecified atom stereocenters. The van der Waals surface area contributed by atoms with Crippen molar-refractivity contribution in [1.29, 1.82) is 0 Å². The van der Waals surface area contributed by atoms with Gasteiger partial charge in [0.1, 0.15) is 0 Å². The van der Waals surface area contributed by atoms with Gasteiger partial charge >= 0.3 is 0 Å². The van der Waals surface area contributed by atoms with E-state index >= 15 is 0 Å². The van der Waals surface area contributed by atoms with Gasteiger partial charge in [0.25, 0.3) is 0 Å². The number of nitrogens with two attached hydrogens (primary N) is 2. The van der Waals surface area contributed by atoms with Crippen LogP contribution < -0.4 is 11.5 Å². The van der Waals surface area contributed by atoms with E-state index in [0.717, 1.165) is 28.0 Å². The lowest BCUT2D eigenvalue weighted by atomic mass is 10.0. The molecule has 88 valence electrons. The van der Waals surface area contributed by atoms with Crippen LogP contribution in [0, 0.1) is 0 Å². The minimum atomic E-state index is 0.597. The molecule has 0 aliphatic heterocycles. The second-order valence-electron chi connectivity index (χ2n) is 4.89. The predicted octanol–water partition coefficient (Wildman–Crippen LogP) is 3.06. The van der Waals surface area contributed by atoms with Crippen LogP contribution in [0.15, 0.2) is 24.3 Å². The summed E-state index contributed by atoms with van der Waals surface area (Å²) in [5.41, 5.74) is 15.5. The Bertz CT molecular complexity index is 557. The van der Waals surface area contributed by atoms with Crippen LogP contribution in [0.2, 0.25) is 0 Å². The number of hydrogen-bond acceptors (Lipinski definition) is 3. The molecule has 3 heteroatoms. The summed E-state index contributed by atoms with van der Waals surface area (Å²) in [4.78, 5) is 4.72. The highest BCUT2D eigenvalue weighted by Gasteiger charge is 2.19. The third kappa shape index (κ3) is 1.82. The Labute approximate surface area is 101 Å². The quantitative estimate of drug-likeness (QED) is 0.736. The molecule has 2 aromatic rings. The van der Waals surface area contributed by atoms with E-state index in [1.807, 2.05) is 24.3 Å². The molecule has 1 aliphatic rings. The van der Waals surface area contributed by atoms with Crippen LogP contribution in [0.25, 0.3) is 10.9 Å². The van der Waals surface area contributed by atoms with Gasteiger partial charge in [-0.3, -0.25) is 4.98 Å². The van der Waals surface area contributed by atoms with Gasteiger partial charge in [-0.1, -0.05) is 12.8 Å². The van der Waals surface area contributed by atoms with Crippen LogP contribution in [0.5, 0.6) is 0 Å². The summed E-state index contributed by atoms with van der Waals surface area (Å²) < 4.78 is 0. The van der Waals surface area contributed by atoms with Crippen molar-refractivity contribution in [2.24, 2.45) is 0 Å². The summed E-state index contributed by atoms with van der Waals surface area (Å²) in [6.45, 7) is 0. The van der Waals surface area contributed by atoms with Crippen molar-refractivity contribution in [3.05, 3.63) is 30.0 Å². The number of hydrogen-bond donors (Lipinski definition) is 2. The standard InChI is InChI=1S/C14H17N3/c15-10-5-6-13-11(7-10)12(16)8-14(17-13)9-3-1-2-4-9/h5-9H,1-4,15H2,(H2,16,17). The lowest BCUT2D eigenvalue weighted by Gasteiger charge is -2.11. The molecule has 1 aromatic carbocycles. The smallest absolute Gasteiger partial charge is 0.0727 e. The van der Waals surface area contributed by atoms with Crippen molar-refractivity contribution < 1.29 is 0 Å². The van der Waals surface area contributed by atoms with Gasteiger partial charge in [-0.05, 0) is 37.1 Å². The third-order valence-corrected chi connectivity index (χ3v) is 3.66. The molecular weight excluding hydrogens is 210 g/mol. The number of pyridine rings is 1. The van der Waals surface area contributed by atoms with Gasteiger partial charge in [-0.2, -0.15) is 0 Å². The number of aromatic nitrogens is 1. The highest BCUT2D eigenvalue weighted by molar-refractivity contribution is 5.92. The average Bonchev–Trinajstić information content (AvgIpc) is 2.83. The van der Waals surface area contributed by atoms with Crippen molar-refractivity contribution in [3.8, 4) is 0 Å². The first-order valence-electron chi connectivity index (χ1n) is 6.20. The first-order valence-corrected chi connectivity index (χ1v) is 6.20. The zero-order chi connectivity index (χ0) is 11.8. The summed E-state index contributed by atoms with van der Waals surface area (Å²) in [7, 11) is 0. The Hall–Kier alpha value is -1.77. The fourth-order valence-corrected chi connectivity index (χ4v) is 2.72. The van der Waals surface area contributed by atoms with Gasteiger partial charge in [0, 0.05) is 28.4 Å². The van der Waals surface area contributed by atoms with Crippen molar-refractivity contribution in [1.82, 2.24) is 4.98 Å². The molecule has 0 saturated heterocycles. The normalized spacial score (nSPS) is 16.7. The van der Waals surface area contributed by atoms with E-state index in [2.05, 4.69) is 0 Å². The fourth-order valence-electron chi connectivity index (χ4n) is 2.72. The zero-order valence-corrected chi connectivity index (χ0v) is 9.82. The summed E-state index contributed by atoms with van der Waals surface area (Å²) in [5, 5.41) is 0.965. The van der Waals surface area contributed by atoms with E-state index in [1.54, 1.807) is 0 Å². The maximum absolute atomic E-state index is 6.10. The molecule has 1 fully saturated rings. The summed E-state index contributed by atoms with van der Waals surface area (Å²) in [6.07, 6.45) is 5.11. The number of nitrogens with zero attached hydrogens (tertiary/aromatic N) is 1. The summed E-state index contributed by atoms with van der Waals surface area (Å²) in [6, 6.07) is 7.76. The molecule has 1 aromatic heterocycles. The van der Waals surface area contributed by atoms with Crippen LogP contribution in [-0.2, 0) is 0 Å². The molecular formula is C14H17N3. The van der Waals surface area contributed by atoms with Gasteiger partial charge in [0.15, 0.2) is 0 Å². The van der Waals surface area contributed by atoms with E-state index in [4.69, 9.17) is 16.5 Å². The molecule has 0 spiro atoms. The molecule has 17 heavy (non-hydrogen) atoms. The molecule has 3 rings (SSSR count). The van der Waals surface area contributed by atoms with E-state index < -0.39 is 0 Å². The van der Waals surface area contributed by atoms with Gasteiger partial charge in [-0.15, -0.1) is 0 Å². The predicted molar refractivity (Wildman–Crippen MR) is 71.8 cm³/mol. The van der Waals surface area contributed by atoms with Crippen molar-refractivity contribution in [2.45, 2.75) is 31.6 Å². The van der Waals surface area contributed by atoms with E-state index in [0.29, 0.717) is 5.92 Å². The fraction of sp³-hybridized carbons (Fsp3) is 0.357. The molecule has 1 heterocycles. The Morgan fingerprint density at radius 3 is 2.59 bits per heavy atom. The molecule has 0 bridgehead atoms. The van der Waals surface area contributed by atoms with Crippen LogP contribution in [0.1, 0.15) is 37.3 Å². The summed E-state index contributed by atoms with van der Waals surface area (Å²) >= 11 is 0. The minimum Gasteiger partial charge on any atom is -0.399 e. The Morgan fingerprint density at radius 1 is 1.06 bits per heavy atom. The monoisotopic (exact) mass is 227 g/mol. The third-order valence-electron chi connectivity index (χ3n) is 3.66. The molecule has 1 saturated carbocycles. The van der Waals surface area contributed by atoms with Crippen LogP contribution in [0.3, 0.4) is 0 Å². The SMILES string of the molecule is Nc1ccc2nc(C3CCCC3)cc(N)c2c1. The number of fused-ring (bicyclic) bond motifs is 1. The van der Waals surface area contributed by atoms with Crippen LogP contribution in [0.4, 0.5) is 11.4 Å². The van der Waals surface area contributed by atoms with Gasteiger partial charge < -0.3 is 11.5 Å². The first kappa shape index (κ1) is 10.4. The maximum atomic E-state index is 6.10. The lowest BCUT2D eigenvalue weighted by Crippen LogP contribution is -2.00. The zero-order valence-electron chi connectivity index (χ0n) is 9.82. The van der Waals surface area contributed by atoms with E-state index in [-0.39, 0.29) is 0 Å². The Kier molecular flexibility index (Phi) is 2.39. The van der Waals surface area contributed by atoms with Crippen LogP contribution in [-0.4, -0.2) is 4.98 Å². The molecule has 4 N–H and O–H groups in total. The lowest BCUT2D eigenvalue weighted by molar-refractivity contribution is 0.701. The van der Waals surface area contributed by atoms with Gasteiger partial charge in [0.2, 0.25) is 0 Å². The highest BCUT2D eigenvalue weighted by Crippen LogP contribution is 2.35. The topological polar surface area (TPSA) is 64.9 Å². The first-order chi connectivity index (χ1) is 8.24. The number of anilines is 2. The summed E-state index contributed by atoms with van der Waals surface area (Å²) in [5.74, 6) is 0.597. The second-order valence-corrected chi connectivity index (χ2v) is 4.89. The van der Waals surface area contributed by atoms with Crippen molar-refractivity contribution in [3.63, 3.8) is 0 Å². The Balaban J connectivity index is 2.13. The maximum Gasteiger partial charge on any atom is 0.0727 e. The molecule has 0 radical (unpaired) electrons. The molecule has 0 amide bonds. The molecule has 1 aliphatic carbocycles. The number of rotatable bonds is 1. The Morgan fingerprint density at radius 2 is 1.82 bits per heavy atom. The number of benzene rings is 1. The van der Waals surface area contributed by atoms with Crippen molar-refractivity contribution in [2.75, 3.05) is 11.5 Å².